The number of nitrogens with zero attached hydrogens (tertiary/aromatic N) is 3. The molecule has 1 fully saturated rings. The fourth-order valence-corrected chi connectivity index (χ4v) is 2.89. The van der Waals surface area contributed by atoms with Gasteiger partial charge in [-0.25, -0.2) is 9.98 Å². The van der Waals surface area contributed by atoms with Gasteiger partial charge in [0.15, 0.2) is 5.96 Å². The van der Waals surface area contributed by atoms with Crippen LogP contribution in [0, 0.1) is 0 Å². The van der Waals surface area contributed by atoms with Crippen molar-refractivity contribution in [1.82, 2.24) is 20.5 Å². The van der Waals surface area contributed by atoms with Crippen LogP contribution in [0.1, 0.15) is 39.7 Å². The van der Waals surface area contributed by atoms with E-state index < -0.39 is 0 Å². The van der Waals surface area contributed by atoms with Crippen LogP contribution >= 0.6 is 0 Å². The number of morpholine rings is 1. The van der Waals surface area contributed by atoms with Crippen molar-refractivity contribution in [3.63, 3.8) is 0 Å². The van der Waals surface area contributed by atoms with E-state index in [4.69, 9.17) is 14.5 Å². The maximum absolute atomic E-state index is 5.52. The molecule has 1 aliphatic rings. The van der Waals surface area contributed by atoms with Crippen LogP contribution in [0.5, 0.6) is 5.88 Å². The van der Waals surface area contributed by atoms with Gasteiger partial charge in [0.2, 0.25) is 5.88 Å². The molecule has 0 radical (unpaired) electrons. The maximum atomic E-state index is 5.52. The normalized spacial score (nSPS) is 16.2. The van der Waals surface area contributed by atoms with E-state index in [-0.39, 0.29) is 5.54 Å². The second kappa shape index (κ2) is 11.1. The van der Waals surface area contributed by atoms with Gasteiger partial charge < -0.3 is 20.1 Å². The summed E-state index contributed by atoms with van der Waals surface area (Å²) >= 11 is 0. The van der Waals surface area contributed by atoms with Gasteiger partial charge in [-0.15, -0.1) is 0 Å². The Morgan fingerprint density at radius 1 is 1.26 bits per heavy atom. The highest BCUT2D eigenvalue weighted by Crippen LogP contribution is 2.15. The van der Waals surface area contributed by atoms with Gasteiger partial charge in [-0.2, -0.15) is 0 Å². The van der Waals surface area contributed by atoms with Gasteiger partial charge in [-0.05, 0) is 32.8 Å². The molecule has 0 aliphatic carbocycles. The highest BCUT2D eigenvalue weighted by molar-refractivity contribution is 5.79. The number of guanidine groups is 1. The molecule has 0 saturated carbocycles. The average Bonchev–Trinajstić information content (AvgIpc) is 2.70. The van der Waals surface area contributed by atoms with Gasteiger partial charge in [0.1, 0.15) is 0 Å². The van der Waals surface area contributed by atoms with Crippen molar-refractivity contribution in [2.45, 2.75) is 46.2 Å². The van der Waals surface area contributed by atoms with Crippen LogP contribution < -0.4 is 15.4 Å². The van der Waals surface area contributed by atoms with Crippen LogP contribution in [0.15, 0.2) is 23.3 Å². The first-order valence-electron chi connectivity index (χ1n) is 9.98. The largest absolute Gasteiger partial charge is 0.478 e. The van der Waals surface area contributed by atoms with Gasteiger partial charge in [0, 0.05) is 44.0 Å². The predicted molar refractivity (Wildman–Crippen MR) is 109 cm³/mol. The highest BCUT2D eigenvalue weighted by atomic mass is 16.5. The quantitative estimate of drug-likeness (QED) is 0.507. The molecular formula is C20H35N5O2. The van der Waals surface area contributed by atoms with Crippen LogP contribution in [0.4, 0.5) is 0 Å². The van der Waals surface area contributed by atoms with E-state index in [0.29, 0.717) is 19.0 Å². The molecule has 1 aromatic heterocycles. The Morgan fingerprint density at radius 3 is 2.67 bits per heavy atom. The van der Waals surface area contributed by atoms with Crippen LogP contribution in [-0.2, 0) is 11.3 Å². The van der Waals surface area contributed by atoms with Gasteiger partial charge >= 0.3 is 0 Å². The van der Waals surface area contributed by atoms with E-state index in [1.807, 2.05) is 18.3 Å². The lowest BCUT2D eigenvalue weighted by atomic mass is 10.0. The number of pyridine rings is 1. The number of hydrogen-bond donors (Lipinski definition) is 2. The van der Waals surface area contributed by atoms with E-state index in [1.165, 1.54) is 0 Å². The van der Waals surface area contributed by atoms with Gasteiger partial charge in [-0.1, -0.05) is 13.0 Å². The second-order valence-electron chi connectivity index (χ2n) is 7.31. The Hall–Kier alpha value is -1.86. The van der Waals surface area contributed by atoms with Crippen LogP contribution in [0.2, 0.25) is 0 Å². The summed E-state index contributed by atoms with van der Waals surface area (Å²) < 4.78 is 11.0. The zero-order chi connectivity index (χ0) is 19.5. The van der Waals surface area contributed by atoms with Gasteiger partial charge in [-0.3, -0.25) is 4.90 Å². The molecule has 152 valence electrons. The SMILES string of the molecule is CCCOc1ccc(CN=C(NCC)NCC(C)(C)N2CCOCC2)cn1. The summed E-state index contributed by atoms with van der Waals surface area (Å²) in [6.07, 6.45) is 2.81. The standard InChI is InChI=1S/C20H35N5O2/c1-5-11-27-18-8-7-17(14-22-18)15-23-19(21-6-2)24-16-20(3,4)25-9-12-26-13-10-25/h7-8,14H,5-6,9-13,15-16H2,1-4H3,(H2,21,23,24). The summed E-state index contributed by atoms with van der Waals surface area (Å²) in [6.45, 7) is 15.1. The lowest BCUT2D eigenvalue weighted by Crippen LogP contribution is -2.56. The van der Waals surface area contributed by atoms with Crippen LogP contribution in [-0.4, -0.2) is 67.4 Å². The topological polar surface area (TPSA) is 71.0 Å². The first-order valence-corrected chi connectivity index (χ1v) is 9.98. The van der Waals surface area contributed by atoms with Gasteiger partial charge in [0.25, 0.3) is 0 Å². The molecule has 0 spiro atoms. The van der Waals surface area contributed by atoms with Crippen molar-refractivity contribution in [2.24, 2.45) is 4.99 Å². The lowest BCUT2D eigenvalue weighted by Gasteiger charge is -2.41. The second-order valence-corrected chi connectivity index (χ2v) is 7.31. The fourth-order valence-electron chi connectivity index (χ4n) is 2.89. The summed E-state index contributed by atoms with van der Waals surface area (Å²) in [7, 11) is 0. The van der Waals surface area contributed by atoms with Crippen molar-refractivity contribution in [3.05, 3.63) is 23.9 Å². The molecule has 1 saturated heterocycles. The Balaban J connectivity index is 1.89. The maximum Gasteiger partial charge on any atom is 0.213 e. The fraction of sp³-hybridized carbons (Fsp3) is 0.700. The Kier molecular flexibility index (Phi) is 8.81. The summed E-state index contributed by atoms with van der Waals surface area (Å²) in [5.74, 6) is 1.49. The Morgan fingerprint density at radius 2 is 2.04 bits per heavy atom. The molecular weight excluding hydrogens is 342 g/mol. The Bertz CT molecular complexity index is 568. The molecule has 2 heterocycles. The molecule has 0 amide bonds. The number of hydrogen-bond acceptors (Lipinski definition) is 5. The third kappa shape index (κ3) is 7.34. The summed E-state index contributed by atoms with van der Waals surface area (Å²) in [4.78, 5) is 11.5. The van der Waals surface area contributed by atoms with E-state index in [0.717, 1.165) is 57.3 Å². The molecule has 1 aliphatic heterocycles. The minimum atomic E-state index is 0.0415. The van der Waals surface area contributed by atoms with Gasteiger partial charge in [0.05, 0.1) is 26.4 Å². The van der Waals surface area contributed by atoms with Crippen molar-refractivity contribution < 1.29 is 9.47 Å². The third-order valence-corrected chi connectivity index (χ3v) is 4.57. The number of nitrogens with one attached hydrogen (secondary N) is 2. The van der Waals surface area contributed by atoms with E-state index in [2.05, 4.69) is 48.2 Å². The third-order valence-electron chi connectivity index (χ3n) is 4.57. The molecule has 27 heavy (non-hydrogen) atoms. The number of rotatable bonds is 9. The van der Waals surface area contributed by atoms with Crippen molar-refractivity contribution in [2.75, 3.05) is 46.0 Å². The van der Waals surface area contributed by atoms with Crippen LogP contribution in [0.25, 0.3) is 0 Å². The first-order chi connectivity index (χ1) is 13.0. The monoisotopic (exact) mass is 377 g/mol. The smallest absolute Gasteiger partial charge is 0.213 e. The number of ether oxygens (including phenoxy) is 2. The minimum absolute atomic E-state index is 0.0415. The average molecular weight is 378 g/mol. The zero-order valence-electron chi connectivity index (χ0n) is 17.3. The first kappa shape index (κ1) is 21.4. The molecule has 0 bridgehead atoms. The molecule has 2 rings (SSSR count). The van der Waals surface area contributed by atoms with E-state index in [9.17, 15) is 0 Å². The Labute approximate surface area is 163 Å². The van der Waals surface area contributed by atoms with Crippen molar-refractivity contribution in [1.29, 1.82) is 0 Å². The van der Waals surface area contributed by atoms with E-state index in [1.54, 1.807) is 0 Å². The zero-order valence-corrected chi connectivity index (χ0v) is 17.3. The summed E-state index contributed by atoms with van der Waals surface area (Å²) in [6, 6.07) is 3.92. The number of aromatic nitrogens is 1. The molecule has 2 N–H and O–H groups in total. The summed E-state index contributed by atoms with van der Waals surface area (Å²) in [5.41, 5.74) is 1.10. The minimum Gasteiger partial charge on any atom is -0.478 e. The van der Waals surface area contributed by atoms with Crippen molar-refractivity contribution in [3.8, 4) is 5.88 Å². The van der Waals surface area contributed by atoms with E-state index >= 15 is 0 Å². The lowest BCUT2D eigenvalue weighted by molar-refractivity contribution is -0.00834. The predicted octanol–water partition coefficient (Wildman–Crippen LogP) is 2.04. The van der Waals surface area contributed by atoms with Crippen LogP contribution in [0.3, 0.4) is 0 Å². The van der Waals surface area contributed by atoms with Crippen molar-refractivity contribution >= 4 is 5.96 Å². The molecule has 0 atom stereocenters. The molecule has 7 heteroatoms. The molecule has 1 aromatic rings. The highest BCUT2D eigenvalue weighted by Gasteiger charge is 2.28. The summed E-state index contributed by atoms with van der Waals surface area (Å²) in [5, 5.41) is 6.80. The molecule has 0 unspecified atom stereocenters. The number of aliphatic imine (C=N–C) groups is 1. The molecule has 7 nitrogen and oxygen atoms in total. The molecule has 0 aromatic carbocycles.